The van der Waals surface area contributed by atoms with Crippen molar-refractivity contribution in [3.63, 3.8) is 0 Å². The van der Waals surface area contributed by atoms with E-state index in [1.807, 2.05) is 6.92 Å². The van der Waals surface area contributed by atoms with Crippen molar-refractivity contribution in [1.82, 2.24) is 0 Å². The van der Waals surface area contributed by atoms with E-state index in [1.165, 1.54) is 0 Å². The van der Waals surface area contributed by atoms with E-state index in [0.29, 0.717) is 0 Å². The Hall–Kier alpha value is -0.560. The quantitative estimate of drug-likeness (QED) is 0.512. The zero-order chi connectivity index (χ0) is 8.20. The molecule has 10 heavy (non-hydrogen) atoms. The largest absolute Gasteiger partial charge is 0.386 e. The van der Waals surface area contributed by atoms with Gasteiger partial charge in [0.25, 0.3) is 0 Å². The second-order valence-corrected chi connectivity index (χ2v) is 2.73. The molecule has 58 valence electrons. The summed E-state index contributed by atoms with van der Waals surface area (Å²) in [4.78, 5) is 0. The van der Waals surface area contributed by atoms with Crippen molar-refractivity contribution in [2.45, 2.75) is 31.8 Å². The predicted octanol–water partition coefficient (Wildman–Crippen LogP) is 2.28. The lowest BCUT2D eigenvalue weighted by molar-refractivity contribution is 0.106. The minimum Gasteiger partial charge on any atom is -0.386 e. The Morgan fingerprint density at radius 2 is 2.00 bits per heavy atom. The molecule has 1 unspecified atom stereocenters. The van der Waals surface area contributed by atoms with Crippen molar-refractivity contribution in [2.75, 3.05) is 0 Å². The molecular weight excluding hydrogens is 124 g/mol. The van der Waals surface area contributed by atoms with Crippen LogP contribution >= 0.6 is 0 Å². The van der Waals surface area contributed by atoms with E-state index in [4.69, 9.17) is 0 Å². The fourth-order valence-corrected chi connectivity index (χ4v) is 1.09. The van der Waals surface area contributed by atoms with Gasteiger partial charge in [-0.1, -0.05) is 6.58 Å². The van der Waals surface area contributed by atoms with Gasteiger partial charge in [-0.25, -0.2) is 0 Å². The van der Waals surface area contributed by atoms with E-state index in [0.717, 1.165) is 24.8 Å². The van der Waals surface area contributed by atoms with E-state index < -0.39 is 5.60 Å². The van der Waals surface area contributed by atoms with Crippen LogP contribution in [0.2, 0.25) is 0 Å². The first-order valence-corrected chi connectivity index (χ1v) is 3.53. The van der Waals surface area contributed by atoms with E-state index in [-0.39, 0.29) is 0 Å². The molecule has 1 aliphatic carbocycles. The minimum atomic E-state index is -0.542. The van der Waals surface area contributed by atoms with Gasteiger partial charge in [0.15, 0.2) is 0 Å². The summed E-state index contributed by atoms with van der Waals surface area (Å²) in [5.41, 5.74) is 0.456. The van der Waals surface area contributed by atoms with Crippen molar-refractivity contribution in [3.8, 4) is 0 Å². The molecule has 1 saturated carbocycles. The highest BCUT2D eigenvalue weighted by atomic mass is 16.3. The Morgan fingerprint density at radius 3 is 2.10 bits per heavy atom. The lowest BCUT2D eigenvalue weighted by Gasteiger charge is -2.15. The molecule has 0 aliphatic heterocycles. The Labute approximate surface area is 63.1 Å². The first kappa shape index (κ1) is 9.44. The summed E-state index contributed by atoms with van der Waals surface area (Å²) in [6.07, 6.45) is 3.00. The molecule has 1 heteroatoms. The molecule has 0 bridgehead atoms. The number of hydrogen-bond acceptors (Lipinski definition) is 1. The van der Waals surface area contributed by atoms with Crippen LogP contribution in [0.25, 0.3) is 0 Å². The summed E-state index contributed by atoms with van der Waals surface area (Å²) in [6.45, 7) is 11.6. The van der Waals surface area contributed by atoms with Crippen LogP contribution in [0.1, 0.15) is 26.2 Å². The molecule has 1 rings (SSSR count). The molecule has 0 saturated heterocycles. The third-order valence-corrected chi connectivity index (χ3v) is 1.90. The van der Waals surface area contributed by atoms with Gasteiger partial charge in [0.2, 0.25) is 0 Å². The smallest absolute Gasteiger partial charge is 0.0826 e. The van der Waals surface area contributed by atoms with Crippen molar-refractivity contribution in [2.24, 2.45) is 0 Å². The molecule has 0 aromatic carbocycles. The summed E-state index contributed by atoms with van der Waals surface area (Å²) >= 11 is 0. The zero-order valence-electron chi connectivity index (χ0n) is 6.69. The first-order valence-electron chi connectivity index (χ1n) is 3.53. The van der Waals surface area contributed by atoms with Gasteiger partial charge in [-0.05, 0) is 31.8 Å². The van der Waals surface area contributed by atoms with Crippen molar-refractivity contribution < 1.29 is 5.11 Å². The summed E-state index contributed by atoms with van der Waals surface area (Å²) in [7, 11) is 0. The van der Waals surface area contributed by atoms with Crippen LogP contribution in [0.3, 0.4) is 0 Å². The monoisotopic (exact) mass is 140 g/mol. The van der Waals surface area contributed by atoms with Crippen molar-refractivity contribution in [3.05, 3.63) is 25.3 Å². The van der Waals surface area contributed by atoms with Gasteiger partial charge < -0.3 is 5.11 Å². The normalized spacial score (nSPS) is 31.2. The Bertz CT molecular complexity index is 125. The van der Waals surface area contributed by atoms with Gasteiger partial charge in [-0.3, -0.25) is 0 Å². The van der Waals surface area contributed by atoms with Crippen LogP contribution in [-0.2, 0) is 0 Å². The fourth-order valence-electron chi connectivity index (χ4n) is 1.09. The number of hydrogen-bond donors (Lipinski definition) is 1. The van der Waals surface area contributed by atoms with E-state index in [2.05, 4.69) is 19.7 Å². The highest BCUT2D eigenvalue weighted by Crippen LogP contribution is 2.32. The topological polar surface area (TPSA) is 20.2 Å². The van der Waals surface area contributed by atoms with Crippen LogP contribution in [0.15, 0.2) is 25.3 Å². The van der Waals surface area contributed by atoms with Crippen LogP contribution < -0.4 is 0 Å². The fraction of sp³-hybridized carbons (Fsp3) is 0.556. The number of aliphatic hydroxyl groups is 1. The van der Waals surface area contributed by atoms with Crippen molar-refractivity contribution in [1.29, 1.82) is 0 Å². The number of rotatable bonds is 0. The second-order valence-electron chi connectivity index (χ2n) is 2.73. The van der Waals surface area contributed by atoms with Crippen LogP contribution in [0.5, 0.6) is 0 Å². The summed E-state index contributed by atoms with van der Waals surface area (Å²) in [5.74, 6) is 0. The molecule has 0 aromatic heterocycles. The summed E-state index contributed by atoms with van der Waals surface area (Å²) < 4.78 is 0. The average Bonchev–Trinajstić information content (AvgIpc) is 2.17. The maximum Gasteiger partial charge on any atom is 0.0826 e. The minimum absolute atomic E-state index is 0.542. The summed E-state index contributed by atoms with van der Waals surface area (Å²) in [5, 5.41) is 9.36. The van der Waals surface area contributed by atoms with Crippen molar-refractivity contribution >= 4 is 0 Å². The van der Waals surface area contributed by atoms with Gasteiger partial charge in [0, 0.05) is 0 Å². The SMILES string of the molecule is C=C.C=C1CCCC1(C)O. The standard InChI is InChI=1S/C7H12O.C2H4/c1-6-4-3-5-7(6,2)8;1-2/h8H,1,3-5H2,2H3;1-2H2. The highest BCUT2D eigenvalue weighted by molar-refractivity contribution is 5.14. The highest BCUT2D eigenvalue weighted by Gasteiger charge is 2.28. The Balaban J connectivity index is 0.000000371. The van der Waals surface area contributed by atoms with Gasteiger partial charge in [0.05, 0.1) is 5.60 Å². The summed E-state index contributed by atoms with van der Waals surface area (Å²) in [6, 6.07) is 0. The molecule has 1 nitrogen and oxygen atoms in total. The average molecular weight is 140 g/mol. The third-order valence-electron chi connectivity index (χ3n) is 1.90. The third kappa shape index (κ3) is 1.99. The molecule has 0 aromatic rings. The van der Waals surface area contributed by atoms with E-state index in [9.17, 15) is 5.11 Å². The van der Waals surface area contributed by atoms with Gasteiger partial charge in [-0.2, -0.15) is 0 Å². The predicted molar refractivity (Wildman–Crippen MR) is 44.9 cm³/mol. The van der Waals surface area contributed by atoms with E-state index >= 15 is 0 Å². The molecule has 0 amide bonds. The van der Waals surface area contributed by atoms with Crippen LogP contribution in [0.4, 0.5) is 0 Å². The maximum absolute atomic E-state index is 9.36. The van der Waals surface area contributed by atoms with Crippen LogP contribution in [0, 0.1) is 0 Å². The van der Waals surface area contributed by atoms with Gasteiger partial charge >= 0.3 is 0 Å². The van der Waals surface area contributed by atoms with Crippen LogP contribution in [-0.4, -0.2) is 10.7 Å². The lowest BCUT2D eigenvalue weighted by atomic mass is 10.0. The molecule has 0 spiro atoms. The second kappa shape index (κ2) is 3.57. The first-order chi connectivity index (χ1) is 4.63. The van der Waals surface area contributed by atoms with Gasteiger partial charge in [-0.15, -0.1) is 13.2 Å². The van der Waals surface area contributed by atoms with E-state index in [1.54, 1.807) is 0 Å². The van der Waals surface area contributed by atoms with Gasteiger partial charge in [0.1, 0.15) is 0 Å². The molecule has 0 heterocycles. The molecule has 1 aliphatic rings. The molecule has 1 atom stereocenters. The Kier molecular flexibility index (Phi) is 3.37. The molecule has 0 radical (unpaired) electrons. The zero-order valence-corrected chi connectivity index (χ0v) is 6.69. The maximum atomic E-state index is 9.36. The Morgan fingerprint density at radius 1 is 1.50 bits per heavy atom. The molecular formula is C9H16O. The lowest BCUT2D eigenvalue weighted by Crippen LogP contribution is -2.19. The molecule has 1 fully saturated rings. The molecule has 1 N–H and O–H groups in total.